The van der Waals surface area contributed by atoms with Gasteiger partial charge in [-0.2, -0.15) is 0 Å². The topological polar surface area (TPSA) is 50.8 Å². The van der Waals surface area contributed by atoms with Crippen LogP contribution in [0.1, 0.15) is 40.5 Å². The third-order valence-corrected chi connectivity index (χ3v) is 3.78. The molecule has 0 saturated carbocycles. The maximum absolute atomic E-state index is 11.6. The molecule has 1 aliphatic rings. The Morgan fingerprint density at radius 1 is 1.25 bits per heavy atom. The van der Waals surface area contributed by atoms with E-state index in [0.717, 1.165) is 39.1 Å². The van der Waals surface area contributed by atoms with Gasteiger partial charge in [-0.1, -0.05) is 13.8 Å². The monoisotopic (exact) mass is 286 g/mol. The van der Waals surface area contributed by atoms with Gasteiger partial charge in [0, 0.05) is 31.8 Å². The van der Waals surface area contributed by atoms with Gasteiger partial charge in [0.1, 0.15) is 0 Å². The predicted molar refractivity (Wildman–Crippen MR) is 79.9 cm³/mol. The van der Waals surface area contributed by atoms with E-state index in [0.29, 0.717) is 24.6 Å². The molecule has 1 heterocycles. The molecule has 5 nitrogen and oxygen atoms in total. The normalized spacial score (nSPS) is 18.4. The second-order valence-corrected chi connectivity index (χ2v) is 5.64. The number of ether oxygens (including phenoxy) is 2. The predicted octanol–water partition coefficient (Wildman–Crippen LogP) is 2.26. The van der Waals surface area contributed by atoms with Crippen molar-refractivity contribution in [2.24, 2.45) is 5.92 Å². The fourth-order valence-electron chi connectivity index (χ4n) is 2.42. The first-order chi connectivity index (χ1) is 9.58. The minimum Gasteiger partial charge on any atom is -0.450 e. The fourth-order valence-corrected chi connectivity index (χ4v) is 2.42. The van der Waals surface area contributed by atoms with Gasteiger partial charge in [-0.25, -0.2) is 4.79 Å². The lowest BCUT2D eigenvalue weighted by Gasteiger charge is -2.35. The number of nitrogens with one attached hydrogen (secondary N) is 1. The van der Waals surface area contributed by atoms with E-state index in [1.54, 1.807) is 4.90 Å². The number of hydrogen-bond acceptors (Lipinski definition) is 4. The Kier molecular flexibility index (Phi) is 7.92. The van der Waals surface area contributed by atoms with Crippen LogP contribution >= 0.6 is 0 Å². The molecule has 1 fully saturated rings. The number of rotatable bonds is 7. The van der Waals surface area contributed by atoms with Crippen molar-refractivity contribution < 1.29 is 14.3 Å². The van der Waals surface area contributed by atoms with E-state index < -0.39 is 0 Å². The van der Waals surface area contributed by atoms with Gasteiger partial charge in [0.2, 0.25) is 0 Å². The van der Waals surface area contributed by atoms with Crippen LogP contribution in [0.3, 0.4) is 0 Å². The second-order valence-electron chi connectivity index (χ2n) is 5.64. The molecule has 5 heteroatoms. The van der Waals surface area contributed by atoms with Crippen molar-refractivity contribution >= 4 is 6.09 Å². The van der Waals surface area contributed by atoms with Crippen LogP contribution < -0.4 is 5.32 Å². The highest BCUT2D eigenvalue weighted by atomic mass is 16.6. The summed E-state index contributed by atoms with van der Waals surface area (Å²) in [6, 6.07) is 0.850. The minimum atomic E-state index is -0.180. The van der Waals surface area contributed by atoms with Crippen LogP contribution in [0.2, 0.25) is 0 Å². The van der Waals surface area contributed by atoms with Crippen LogP contribution in [0.4, 0.5) is 4.79 Å². The van der Waals surface area contributed by atoms with Gasteiger partial charge >= 0.3 is 6.09 Å². The van der Waals surface area contributed by atoms with Crippen molar-refractivity contribution in [2.75, 3.05) is 32.9 Å². The molecule has 1 atom stereocenters. The van der Waals surface area contributed by atoms with Crippen LogP contribution in [0, 0.1) is 5.92 Å². The van der Waals surface area contributed by atoms with E-state index in [1.807, 2.05) is 13.8 Å². The quantitative estimate of drug-likeness (QED) is 0.780. The summed E-state index contributed by atoms with van der Waals surface area (Å²) in [4.78, 5) is 13.4. The Labute approximate surface area is 123 Å². The summed E-state index contributed by atoms with van der Waals surface area (Å²) in [6.45, 7) is 11.8. The molecule has 20 heavy (non-hydrogen) atoms. The molecule has 0 aromatic carbocycles. The molecule has 0 aromatic rings. The largest absolute Gasteiger partial charge is 0.450 e. The molecule has 0 aromatic heterocycles. The van der Waals surface area contributed by atoms with E-state index in [4.69, 9.17) is 9.47 Å². The summed E-state index contributed by atoms with van der Waals surface area (Å²) in [7, 11) is 0. The molecule has 0 radical (unpaired) electrons. The van der Waals surface area contributed by atoms with Gasteiger partial charge in [0.05, 0.1) is 13.2 Å². The third kappa shape index (κ3) is 5.67. The first-order valence-corrected chi connectivity index (χ1v) is 7.83. The molecule has 1 aliphatic heterocycles. The van der Waals surface area contributed by atoms with Crippen molar-refractivity contribution in [3.05, 3.63) is 0 Å². The molecule has 0 spiro atoms. The summed E-state index contributed by atoms with van der Waals surface area (Å²) in [6.07, 6.45) is 1.78. The first-order valence-electron chi connectivity index (χ1n) is 7.83. The Bertz CT molecular complexity index is 276. The number of hydrogen-bond donors (Lipinski definition) is 1. The summed E-state index contributed by atoms with van der Waals surface area (Å²) in [5.41, 5.74) is 0. The van der Waals surface area contributed by atoms with Crippen molar-refractivity contribution in [1.29, 1.82) is 0 Å². The van der Waals surface area contributed by atoms with Crippen molar-refractivity contribution in [2.45, 2.75) is 52.6 Å². The highest BCUT2D eigenvalue weighted by Gasteiger charge is 2.25. The molecule has 0 bridgehead atoms. The summed E-state index contributed by atoms with van der Waals surface area (Å²) in [5, 5.41) is 3.68. The number of carbonyl (C=O) groups is 1. The van der Waals surface area contributed by atoms with Gasteiger partial charge < -0.3 is 19.7 Å². The zero-order valence-corrected chi connectivity index (χ0v) is 13.4. The lowest BCUT2D eigenvalue weighted by atomic mass is 10.00. The number of likely N-dealkylation sites (tertiary alicyclic amines) is 1. The molecule has 1 saturated heterocycles. The zero-order chi connectivity index (χ0) is 15.0. The zero-order valence-electron chi connectivity index (χ0n) is 13.4. The Morgan fingerprint density at radius 3 is 2.40 bits per heavy atom. The molecular weight excluding hydrogens is 256 g/mol. The first kappa shape index (κ1) is 17.2. The second kappa shape index (κ2) is 9.19. The average Bonchev–Trinajstić information content (AvgIpc) is 2.44. The highest BCUT2D eigenvalue weighted by Crippen LogP contribution is 2.14. The molecule has 0 aliphatic carbocycles. The van der Waals surface area contributed by atoms with Crippen molar-refractivity contribution in [3.8, 4) is 0 Å². The minimum absolute atomic E-state index is 0.180. The van der Waals surface area contributed by atoms with E-state index in [1.165, 1.54) is 0 Å². The van der Waals surface area contributed by atoms with Crippen molar-refractivity contribution in [1.82, 2.24) is 10.2 Å². The van der Waals surface area contributed by atoms with Gasteiger partial charge in [-0.05, 0) is 32.6 Å². The summed E-state index contributed by atoms with van der Waals surface area (Å²) in [5.74, 6) is 0.546. The lowest BCUT2D eigenvalue weighted by Crippen LogP contribution is -2.50. The maximum atomic E-state index is 11.6. The number of amides is 1. The van der Waals surface area contributed by atoms with Crippen LogP contribution in [0.25, 0.3) is 0 Å². The average molecular weight is 286 g/mol. The third-order valence-electron chi connectivity index (χ3n) is 3.78. The molecular formula is C15H30N2O3. The molecule has 1 unspecified atom stereocenters. The Hall–Kier alpha value is -0.810. The standard InChI is InChI=1S/C15H30N2O3/c1-5-19-11-14(12(3)4)16-13-7-9-17(10-8-13)15(18)20-6-2/h12-14,16H,5-11H2,1-4H3. The highest BCUT2D eigenvalue weighted by molar-refractivity contribution is 5.67. The van der Waals surface area contributed by atoms with Gasteiger partial charge in [-0.15, -0.1) is 0 Å². The van der Waals surface area contributed by atoms with Gasteiger partial charge in [0.15, 0.2) is 0 Å². The SMILES string of the molecule is CCOCC(NC1CCN(C(=O)OCC)CC1)C(C)C. The van der Waals surface area contributed by atoms with E-state index in [-0.39, 0.29) is 6.09 Å². The van der Waals surface area contributed by atoms with Gasteiger partial charge in [0.25, 0.3) is 0 Å². The van der Waals surface area contributed by atoms with E-state index in [9.17, 15) is 4.79 Å². The number of nitrogens with zero attached hydrogens (tertiary/aromatic N) is 1. The van der Waals surface area contributed by atoms with E-state index in [2.05, 4.69) is 19.2 Å². The van der Waals surface area contributed by atoms with Gasteiger partial charge in [-0.3, -0.25) is 0 Å². The summed E-state index contributed by atoms with van der Waals surface area (Å²) < 4.78 is 10.6. The molecule has 1 N–H and O–H groups in total. The molecule has 1 amide bonds. The fraction of sp³-hybridized carbons (Fsp3) is 0.933. The number of carbonyl (C=O) groups excluding carboxylic acids is 1. The Balaban J connectivity index is 2.34. The van der Waals surface area contributed by atoms with Crippen LogP contribution in [-0.4, -0.2) is 56.0 Å². The number of piperidine rings is 1. The van der Waals surface area contributed by atoms with Crippen LogP contribution in [-0.2, 0) is 9.47 Å². The van der Waals surface area contributed by atoms with Crippen LogP contribution in [0.15, 0.2) is 0 Å². The molecule has 118 valence electrons. The lowest BCUT2D eigenvalue weighted by molar-refractivity contribution is 0.0818. The maximum Gasteiger partial charge on any atom is 0.409 e. The smallest absolute Gasteiger partial charge is 0.409 e. The van der Waals surface area contributed by atoms with Crippen LogP contribution in [0.5, 0.6) is 0 Å². The Morgan fingerprint density at radius 2 is 1.90 bits per heavy atom. The van der Waals surface area contributed by atoms with Crippen molar-refractivity contribution in [3.63, 3.8) is 0 Å². The molecule has 1 rings (SSSR count). The van der Waals surface area contributed by atoms with E-state index >= 15 is 0 Å². The summed E-state index contributed by atoms with van der Waals surface area (Å²) >= 11 is 0.